The normalized spacial score (nSPS) is 11.8. The highest BCUT2D eigenvalue weighted by Crippen LogP contribution is 2.14. The topological polar surface area (TPSA) is 125 Å². The van der Waals surface area contributed by atoms with Crippen molar-refractivity contribution in [3.05, 3.63) is 0 Å². The summed E-state index contributed by atoms with van der Waals surface area (Å²) in [5, 5.41) is 15.1. The number of halogens is 2. The second-order valence-electron chi connectivity index (χ2n) is 7.78. The third-order valence-electron chi connectivity index (χ3n) is 5.64. The Balaban J connectivity index is -0.00000512. The lowest BCUT2D eigenvalue weighted by molar-refractivity contribution is -0.721. The maximum absolute atomic E-state index is 5.43. The van der Waals surface area contributed by atoms with Crippen molar-refractivity contribution in [2.75, 3.05) is 108 Å². The summed E-state index contributed by atoms with van der Waals surface area (Å²) in [4.78, 5) is 0. The molecule has 0 bridgehead atoms. The Morgan fingerprint density at radius 2 is 0.771 bits per heavy atom. The molecule has 11 nitrogen and oxygen atoms in total. The van der Waals surface area contributed by atoms with Gasteiger partial charge in [0.1, 0.15) is 13.1 Å². The first-order chi connectivity index (χ1) is 16.1. The minimum Gasteiger partial charge on any atom is -1.00 e. The van der Waals surface area contributed by atoms with E-state index in [1.807, 2.05) is 0 Å². The van der Waals surface area contributed by atoms with Crippen LogP contribution in [0.5, 0.6) is 0 Å². The van der Waals surface area contributed by atoms with E-state index in [9.17, 15) is 0 Å². The second-order valence-corrected chi connectivity index (χ2v) is 14.0. The van der Waals surface area contributed by atoms with Crippen molar-refractivity contribution < 1.29 is 62.0 Å². The van der Waals surface area contributed by atoms with Crippen LogP contribution in [0.25, 0.3) is 0 Å². The first-order valence-corrected chi connectivity index (χ1v) is 16.0. The molecule has 0 atom stereocenters. The van der Waals surface area contributed by atoms with E-state index >= 15 is 0 Å². The van der Waals surface area contributed by atoms with E-state index in [-0.39, 0.29) is 24.8 Å². The van der Waals surface area contributed by atoms with Crippen LogP contribution in [-0.2, 0) is 26.6 Å². The molecule has 0 unspecified atom stereocenters. The van der Waals surface area contributed by atoms with Gasteiger partial charge in [-0.05, 0) is 25.9 Å². The summed E-state index contributed by atoms with van der Waals surface area (Å²) in [5.74, 6) is 0. The molecule has 0 aliphatic rings. The van der Waals surface area contributed by atoms with Crippen molar-refractivity contribution in [3.63, 3.8) is 0 Å². The van der Waals surface area contributed by atoms with Crippen LogP contribution in [0, 0.1) is 0 Å². The lowest BCUT2D eigenvalue weighted by atomic mass is 10.4. The SMILES string of the molecule is CO[Si](CCCNCCNCC[NH2+]CC[NH2+]CCNCCC[Si](OC)(OC)OC)(OC)OC.[Cl-].[Cl-]. The Labute approximate surface area is 228 Å². The van der Waals surface area contributed by atoms with Crippen LogP contribution in [0.4, 0.5) is 0 Å². The van der Waals surface area contributed by atoms with Crippen LogP contribution in [0.3, 0.4) is 0 Å². The van der Waals surface area contributed by atoms with Crippen molar-refractivity contribution in [1.29, 1.82) is 0 Å². The van der Waals surface area contributed by atoms with Crippen LogP contribution in [0.2, 0.25) is 12.1 Å². The van der Waals surface area contributed by atoms with E-state index in [2.05, 4.69) is 26.6 Å². The Kier molecular flexibility index (Phi) is 31.6. The zero-order chi connectivity index (χ0) is 24.7. The van der Waals surface area contributed by atoms with Gasteiger partial charge < -0.3 is 78.0 Å². The summed E-state index contributed by atoms with van der Waals surface area (Å²) in [6.45, 7) is 10.4. The number of hydrogen-bond donors (Lipinski definition) is 5. The third kappa shape index (κ3) is 20.2. The number of nitrogens with two attached hydrogens (primary N) is 2. The number of nitrogens with one attached hydrogen (secondary N) is 3. The van der Waals surface area contributed by atoms with Crippen molar-refractivity contribution in [2.45, 2.75) is 24.9 Å². The fourth-order valence-corrected chi connectivity index (χ4v) is 6.90. The van der Waals surface area contributed by atoms with Crippen molar-refractivity contribution in [1.82, 2.24) is 16.0 Å². The largest absolute Gasteiger partial charge is 1.00 e. The molecule has 0 rings (SSSR count). The maximum atomic E-state index is 5.43. The predicted molar refractivity (Wildman–Crippen MR) is 134 cm³/mol. The molecule has 0 saturated heterocycles. The summed E-state index contributed by atoms with van der Waals surface area (Å²) in [5.41, 5.74) is 0. The van der Waals surface area contributed by atoms with Gasteiger partial charge in [0, 0.05) is 80.9 Å². The summed E-state index contributed by atoms with van der Waals surface area (Å²) in [6, 6.07) is 1.67. The molecule has 35 heavy (non-hydrogen) atoms. The molecule has 0 aromatic rings. The van der Waals surface area contributed by atoms with Crippen LogP contribution in [0.1, 0.15) is 12.8 Å². The van der Waals surface area contributed by atoms with Crippen LogP contribution in [-0.4, -0.2) is 126 Å². The smallest absolute Gasteiger partial charge is 0.500 e. The quantitative estimate of drug-likeness (QED) is 0.0497. The van der Waals surface area contributed by atoms with E-state index in [4.69, 9.17) is 26.6 Å². The molecule has 0 amide bonds. The summed E-state index contributed by atoms with van der Waals surface area (Å²) < 4.78 is 32.6. The number of hydrogen-bond acceptors (Lipinski definition) is 9. The maximum Gasteiger partial charge on any atom is 0.500 e. The van der Waals surface area contributed by atoms with Crippen LogP contribution in [0.15, 0.2) is 0 Å². The lowest BCUT2D eigenvalue weighted by Crippen LogP contribution is -3.00. The minimum absolute atomic E-state index is 0. The molecule has 0 aliphatic heterocycles. The van der Waals surface area contributed by atoms with Gasteiger partial charge in [-0.1, -0.05) is 0 Å². The molecule has 0 heterocycles. The molecular weight excluding hydrogens is 533 g/mol. The monoisotopic (exact) mass is 585 g/mol. The van der Waals surface area contributed by atoms with E-state index in [1.54, 1.807) is 42.7 Å². The summed E-state index contributed by atoms with van der Waals surface area (Å²) in [6.07, 6.45) is 1.98. The Morgan fingerprint density at radius 3 is 1.11 bits per heavy atom. The molecule has 7 N–H and O–H groups in total. The predicted octanol–water partition coefficient (Wildman–Crippen LogP) is -8.57. The third-order valence-corrected chi connectivity index (χ3v) is 11.3. The van der Waals surface area contributed by atoms with Gasteiger partial charge in [-0.25, -0.2) is 0 Å². The Bertz CT molecular complexity index is 383. The molecule has 0 aromatic carbocycles. The average molecular weight is 587 g/mol. The molecule has 216 valence electrons. The molecule has 0 aliphatic carbocycles. The van der Waals surface area contributed by atoms with Crippen molar-refractivity contribution in [3.8, 4) is 0 Å². The molecule has 0 saturated carbocycles. The molecule has 0 fully saturated rings. The van der Waals surface area contributed by atoms with Crippen molar-refractivity contribution >= 4 is 17.6 Å². The van der Waals surface area contributed by atoms with E-state index < -0.39 is 17.6 Å². The van der Waals surface area contributed by atoms with E-state index in [0.29, 0.717) is 0 Å². The van der Waals surface area contributed by atoms with Gasteiger partial charge in [-0.2, -0.15) is 0 Å². The van der Waals surface area contributed by atoms with Gasteiger partial charge in [0.25, 0.3) is 0 Å². The Hall–Kier alpha value is 0.574. The van der Waals surface area contributed by atoms with Gasteiger partial charge in [0.15, 0.2) is 0 Å². The molecular formula is C20H53Cl2N5O6Si2. The van der Waals surface area contributed by atoms with E-state index in [1.165, 1.54) is 0 Å². The minimum atomic E-state index is -2.42. The highest BCUT2D eigenvalue weighted by atomic mass is 35.5. The number of rotatable bonds is 26. The standard InChI is InChI=1S/C20H51N5O6Si2.2ClH/c1-26-32(27-2,28-3)19-7-9-21-11-13-23-15-17-25-18-16-24-14-12-22-10-8-20-33(29-4,30-5)31-6;;/h21-25H,7-20H2,1-6H3;2*1H. The highest BCUT2D eigenvalue weighted by Gasteiger charge is 2.37. The van der Waals surface area contributed by atoms with Crippen LogP contribution < -0.4 is 51.4 Å². The fraction of sp³-hybridized carbons (Fsp3) is 1.00. The fourth-order valence-electron chi connectivity index (χ4n) is 3.46. The van der Waals surface area contributed by atoms with Crippen molar-refractivity contribution in [2.24, 2.45) is 0 Å². The molecule has 0 aromatic heterocycles. The second kappa shape index (κ2) is 27.6. The highest BCUT2D eigenvalue weighted by molar-refractivity contribution is 6.60. The lowest BCUT2D eigenvalue weighted by Gasteiger charge is -2.24. The average Bonchev–Trinajstić information content (AvgIpc) is 2.86. The number of quaternary nitrogens is 2. The molecule has 15 heteroatoms. The first kappa shape index (κ1) is 40.1. The summed E-state index contributed by atoms with van der Waals surface area (Å²) >= 11 is 0. The van der Waals surface area contributed by atoms with Gasteiger partial charge in [0.05, 0.1) is 13.1 Å². The van der Waals surface area contributed by atoms with Crippen LogP contribution >= 0.6 is 0 Å². The van der Waals surface area contributed by atoms with Gasteiger partial charge in [-0.15, -0.1) is 0 Å². The molecule has 0 spiro atoms. The zero-order valence-corrected chi connectivity index (χ0v) is 26.3. The Morgan fingerprint density at radius 1 is 0.457 bits per heavy atom. The first-order valence-electron chi connectivity index (χ1n) is 12.1. The van der Waals surface area contributed by atoms with E-state index in [0.717, 1.165) is 90.4 Å². The van der Waals surface area contributed by atoms with Gasteiger partial charge in [-0.3, -0.25) is 0 Å². The molecule has 0 radical (unpaired) electrons. The zero-order valence-electron chi connectivity index (χ0n) is 22.8. The van der Waals surface area contributed by atoms with Gasteiger partial charge in [0.2, 0.25) is 0 Å². The summed E-state index contributed by atoms with van der Waals surface area (Å²) in [7, 11) is 5.14. The van der Waals surface area contributed by atoms with Gasteiger partial charge >= 0.3 is 17.6 Å².